The predicted octanol–water partition coefficient (Wildman–Crippen LogP) is 2.46. The molecule has 5 nitrogen and oxygen atoms in total. The molecule has 3 aliphatic rings. The van der Waals surface area contributed by atoms with Crippen molar-refractivity contribution in [2.45, 2.75) is 57.5 Å². The Bertz CT molecular complexity index is 699. The normalized spacial score (nSPS) is 38.3. The first-order valence-corrected chi connectivity index (χ1v) is 10.3. The Morgan fingerprint density at radius 2 is 2.04 bits per heavy atom. The number of hydrogen-bond acceptors (Lipinski definition) is 5. The molecule has 3 aliphatic carbocycles. The van der Waals surface area contributed by atoms with Crippen LogP contribution in [0.5, 0.6) is 5.75 Å². The van der Waals surface area contributed by atoms with Crippen LogP contribution in [0.25, 0.3) is 0 Å². The lowest BCUT2D eigenvalue weighted by molar-refractivity contribution is -0.347. The minimum Gasteiger partial charge on any atom is -0.790 e. The second-order valence-corrected chi connectivity index (χ2v) is 9.07. The van der Waals surface area contributed by atoms with Crippen molar-refractivity contribution >= 4 is 7.82 Å². The van der Waals surface area contributed by atoms with Crippen molar-refractivity contribution in [3.05, 3.63) is 29.3 Å². The topological polar surface area (TPSA) is 92.7 Å². The zero-order chi connectivity index (χ0) is 17.1. The first kappa shape index (κ1) is 16.6. The van der Waals surface area contributed by atoms with Gasteiger partial charge in [-0.3, -0.25) is 0 Å². The molecule has 5 unspecified atom stereocenters. The Balaban J connectivity index is 1.62. The summed E-state index contributed by atoms with van der Waals surface area (Å²) < 4.78 is 16.1. The second-order valence-electron chi connectivity index (χ2n) is 7.96. The number of aromatic hydroxyl groups is 1. The Hall–Kier alpha value is -0.870. The van der Waals surface area contributed by atoms with Gasteiger partial charge in [-0.15, -0.1) is 0 Å². The fourth-order valence-corrected chi connectivity index (χ4v) is 6.51. The molecule has 1 aromatic rings. The fourth-order valence-electron chi connectivity index (χ4n) is 5.85. The molecule has 0 aliphatic heterocycles. The largest absolute Gasteiger partial charge is 0.790 e. The first-order valence-electron chi connectivity index (χ1n) is 8.80. The molecule has 24 heavy (non-hydrogen) atoms. The van der Waals surface area contributed by atoms with Gasteiger partial charge in [-0.2, -0.15) is 0 Å². The zero-order valence-corrected chi connectivity index (χ0v) is 14.7. The van der Waals surface area contributed by atoms with E-state index in [2.05, 4.69) is 13.0 Å². The van der Waals surface area contributed by atoms with Gasteiger partial charge in [-0.25, -0.2) is 0 Å². The SMILES string of the molecule is CC12CCC3c4ccc(O)cc4CCC3C1CCC2OP(=O)([O-])[O-]. The van der Waals surface area contributed by atoms with Crippen molar-refractivity contribution in [1.29, 1.82) is 0 Å². The Morgan fingerprint density at radius 3 is 2.79 bits per heavy atom. The molecule has 6 heteroatoms. The van der Waals surface area contributed by atoms with Crippen molar-refractivity contribution in [2.24, 2.45) is 17.3 Å². The molecule has 0 amide bonds. The van der Waals surface area contributed by atoms with E-state index in [9.17, 15) is 19.5 Å². The highest BCUT2D eigenvalue weighted by Gasteiger charge is 2.55. The molecule has 0 bridgehead atoms. The molecule has 4 rings (SSSR count). The predicted molar refractivity (Wildman–Crippen MR) is 85.2 cm³/mol. The van der Waals surface area contributed by atoms with Crippen LogP contribution in [-0.2, 0) is 15.5 Å². The van der Waals surface area contributed by atoms with Gasteiger partial charge in [0.15, 0.2) is 0 Å². The number of phosphoric acid groups is 1. The van der Waals surface area contributed by atoms with Crippen LogP contribution in [-0.4, -0.2) is 11.2 Å². The quantitative estimate of drug-likeness (QED) is 0.827. The van der Waals surface area contributed by atoms with Crippen LogP contribution < -0.4 is 9.79 Å². The molecular formula is C18H23O5P-2. The van der Waals surface area contributed by atoms with E-state index in [-0.39, 0.29) is 5.41 Å². The summed E-state index contributed by atoms with van der Waals surface area (Å²) in [6.07, 6.45) is 4.98. The van der Waals surface area contributed by atoms with Crippen molar-refractivity contribution in [3.63, 3.8) is 0 Å². The number of fused-ring (bicyclic) bond motifs is 5. The molecule has 2 saturated carbocycles. The van der Waals surface area contributed by atoms with Gasteiger partial charge in [0.25, 0.3) is 0 Å². The number of phenolic OH excluding ortho intramolecular Hbond substituents is 1. The lowest BCUT2D eigenvalue weighted by atomic mass is 9.55. The van der Waals surface area contributed by atoms with Gasteiger partial charge >= 0.3 is 0 Å². The molecule has 1 aromatic carbocycles. The van der Waals surface area contributed by atoms with Crippen LogP contribution in [0.4, 0.5) is 0 Å². The number of benzene rings is 1. The van der Waals surface area contributed by atoms with Gasteiger partial charge in [-0.05, 0) is 85.0 Å². The van der Waals surface area contributed by atoms with E-state index < -0.39 is 13.9 Å². The number of hydrogen-bond donors (Lipinski definition) is 1. The van der Waals surface area contributed by atoms with Gasteiger partial charge in [0.2, 0.25) is 0 Å². The summed E-state index contributed by atoms with van der Waals surface area (Å²) in [5, 5.41) is 9.72. The highest BCUT2D eigenvalue weighted by atomic mass is 31.2. The Morgan fingerprint density at radius 1 is 1.25 bits per heavy atom. The van der Waals surface area contributed by atoms with Crippen LogP contribution in [0, 0.1) is 17.3 Å². The monoisotopic (exact) mass is 350 g/mol. The molecule has 132 valence electrons. The number of phosphoric ester groups is 1. The number of rotatable bonds is 2. The summed E-state index contributed by atoms with van der Waals surface area (Å²) in [4.78, 5) is 22.2. The lowest BCUT2D eigenvalue weighted by Crippen LogP contribution is -2.45. The summed E-state index contributed by atoms with van der Waals surface area (Å²) in [5.41, 5.74) is 2.36. The van der Waals surface area contributed by atoms with E-state index in [1.807, 2.05) is 6.07 Å². The molecule has 0 radical (unpaired) electrons. The molecule has 5 atom stereocenters. The van der Waals surface area contributed by atoms with Gasteiger partial charge in [0.1, 0.15) is 5.75 Å². The molecule has 0 aromatic heterocycles. The molecular weight excluding hydrogens is 327 g/mol. The van der Waals surface area contributed by atoms with E-state index in [4.69, 9.17) is 4.52 Å². The number of phenols is 1. The molecule has 0 saturated heterocycles. The molecule has 0 spiro atoms. The maximum atomic E-state index is 11.1. The van der Waals surface area contributed by atoms with Gasteiger partial charge in [0, 0.05) is 0 Å². The highest BCUT2D eigenvalue weighted by Crippen LogP contribution is 2.62. The lowest BCUT2D eigenvalue weighted by Gasteiger charge is -2.51. The maximum absolute atomic E-state index is 11.1. The van der Waals surface area contributed by atoms with E-state index >= 15 is 0 Å². The minimum absolute atomic E-state index is 0.222. The summed E-state index contributed by atoms with van der Waals surface area (Å²) in [6.45, 7) is 2.10. The minimum atomic E-state index is -4.94. The average Bonchev–Trinajstić information content (AvgIpc) is 2.82. The van der Waals surface area contributed by atoms with Gasteiger partial charge in [0.05, 0.1) is 13.9 Å². The van der Waals surface area contributed by atoms with Gasteiger partial charge in [-0.1, -0.05) is 13.0 Å². The number of aryl methyl sites for hydroxylation is 1. The van der Waals surface area contributed by atoms with E-state index in [1.165, 1.54) is 11.1 Å². The second kappa shape index (κ2) is 5.57. The van der Waals surface area contributed by atoms with Crippen molar-refractivity contribution < 1.29 is 24.0 Å². The van der Waals surface area contributed by atoms with E-state index in [1.54, 1.807) is 6.07 Å². The van der Waals surface area contributed by atoms with Crippen LogP contribution >= 0.6 is 7.82 Å². The smallest absolute Gasteiger partial charge is 0.115 e. The Kier molecular flexibility index (Phi) is 3.85. The zero-order valence-electron chi connectivity index (χ0n) is 13.8. The van der Waals surface area contributed by atoms with E-state index in [0.717, 1.165) is 32.1 Å². The maximum Gasteiger partial charge on any atom is 0.115 e. The molecule has 1 N–H and O–H groups in total. The van der Waals surface area contributed by atoms with E-state index in [0.29, 0.717) is 29.9 Å². The standard InChI is InChI=1S/C18H25O5P/c1-18-9-8-14-13-5-3-12(19)10-11(13)2-4-15(14)16(18)6-7-17(18)23-24(20,21)22/h3,5,10,14-17,19H,2,4,6-9H2,1H3,(H2,20,21,22)/p-2. The fraction of sp³-hybridized carbons (Fsp3) is 0.667. The summed E-state index contributed by atoms with van der Waals surface area (Å²) in [6, 6.07) is 5.70. The van der Waals surface area contributed by atoms with Crippen LogP contribution in [0.15, 0.2) is 18.2 Å². The highest BCUT2D eigenvalue weighted by molar-refractivity contribution is 7.43. The third kappa shape index (κ3) is 2.62. The molecule has 2 fully saturated rings. The third-order valence-corrected chi connectivity index (χ3v) is 7.39. The van der Waals surface area contributed by atoms with Crippen molar-refractivity contribution in [3.8, 4) is 5.75 Å². The van der Waals surface area contributed by atoms with Crippen molar-refractivity contribution in [2.75, 3.05) is 0 Å². The van der Waals surface area contributed by atoms with Crippen molar-refractivity contribution in [1.82, 2.24) is 0 Å². The third-order valence-electron chi connectivity index (χ3n) is 6.88. The van der Waals surface area contributed by atoms with Crippen LogP contribution in [0.3, 0.4) is 0 Å². The average molecular weight is 350 g/mol. The molecule has 0 heterocycles. The van der Waals surface area contributed by atoms with Gasteiger partial charge < -0.3 is 24.0 Å². The van der Waals surface area contributed by atoms with Crippen LogP contribution in [0.1, 0.15) is 56.1 Å². The summed E-state index contributed by atoms with van der Waals surface area (Å²) >= 11 is 0. The van der Waals surface area contributed by atoms with Crippen LogP contribution in [0.2, 0.25) is 0 Å². The Labute approximate surface area is 142 Å². The summed E-state index contributed by atoms with van der Waals surface area (Å²) in [7, 11) is -4.94. The first-order chi connectivity index (χ1) is 11.3. The summed E-state index contributed by atoms with van der Waals surface area (Å²) in [5.74, 6) is 1.70.